The Morgan fingerprint density at radius 2 is 1.77 bits per heavy atom. The average molecular weight is 404 g/mol. The minimum atomic E-state index is -3.41. The molecule has 0 aliphatic carbocycles. The van der Waals surface area contributed by atoms with Crippen LogP contribution in [0.2, 0.25) is 0 Å². The van der Waals surface area contributed by atoms with Gasteiger partial charge in [-0.3, -0.25) is 4.79 Å². The first-order valence-electron chi connectivity index (χ1n) is 8.91. The molecule has 8 heteroatoms. The SMILES string of the molecule is CNCCC1CCN(C(=O)CCc2ccc(S(=O)(=O)NC)cc2)CC1.Cl. The third kappa shape index (κ3) is 6.54. The number of benzene rings is 1. The van der Waals surface area contributed by atoms with Gasteiger partial charge in [-0.05, 0) is 69.9 Å². The number of nitrogens with zero attached hydrogens (tertiary/aromatic N) is 1. The second-order valence-electron chi connectivity index (χ2n) is 6.57. The molecule has 0 atom stereocenters. The van der Waals surface area contributed by atoms with E-state index in [1.54, 1.807) is 24.3 Å². The molecule has 26 heavy (non-hydrogen) atoms. The van der Waals surface area contributed by atoms with Crippen LogP contribution in [-0.4, -0.2) is 53.0 Å². The van der Waals surface area contributed by atoms with Crippen molar-refractivity contribution in [2.24, 2.45) is 5.92 Å². The molecule has 0 saturated carbocycles. The number of halogens is 1. The van der Waals surface area contributed by atoms with Crippen LogP contribution in [0.1, 0.15) is 31.2 Å². The summed E-state index contributed by atoms with van der Waals surface area (Å²) in [4.78, 5) is 14.6. The first kappa shape index (κ1) is 22.9. The monoisotopic (exact) mass is 403 g/mol. The molecule has 1 heterocycles. The molecule has 0 spiro atoms. The molecule has 1 aliphatic rings. The van der Waals surface area contributed by atoms with Crippen molar-refractivity contribution in [2.45, 2.75) is 37.0 Å². The minimum Gasteiger partial charge on any atom is -0.343 e. The van der Waals surface area contributed by atoms with E-state index in [-0.39, 0.29) is 23.2 Å². The van der Waals surface area contributed by atoms with E-state index in [9.17, 15) is 13.2 Å². The molecule has 1 aromatic carbocycles. The van der Waals surface area contributed by atoms with Crippen LogP contribution in [0.3, 0.4) is 0 Å². The van der Waals surface area contributed by atoms with Crippen molar-refractivity contribution >= 4 is 28.3 Å². The molecule has 2 rings (SSSR count). The van der Waals surface area contributed by atoms with Crippen molar-refractivity contribution in [3.8, 4) is 0 Å². The van der Waals surface area contributed by atoms with Gasteiger partial charge < -0.3 is 10.2 Å². The maximum atomic E-state index is 12.4. The van der Waals surface area contributed by atoms with Crippen LogP contribution in [0.4, 0.5) is 0 Å². The van der Waals surface area contributed by atoms with Gasteiger partial charge >= 0.3 is 0 Å². The Bertz CT molecular complexity index is 657. The van der Waals surface area contributed by atoms with Crippen LogP contribution in [-0.2, 0) is 21.2 Å². The van der Waals surface area contributed by atoms with Gasteiger partial charge in [-0.15, -0.1) is 12.4 Å². The number of piperidine rings is 1. The van der Waals surface area contributed by atoms with E-state index in [1.807, 2.05) is 11.9 Å². The fourth-order valence-corrected chi connectivity index (χ4v) is 3.91. The van der Waals surface area contributed by atoms with E-state index in [2.05, 4.69) is 10.0 Å². The normalized spacial score (nSPS) is 15.5. The molecule has 1 saturated heterocycles. The lowest BCUT2D eigenvalue weighted by atomic mass is 9.93. The lowest BCUT2D eigenvalue weighted by Crippen LogP contribution is -2.39. The highest BCUT2D eigenvalue weighted by Crippen LogP contribution is 2.21. The fraction of sp³-hybridized carbons (Fsp3) is 0.611. The first-order chi connectivity index (χ1) is 12.0. The molecule has 0 bridgehead atoms. The van der Waals surface area contributed by atoms with Gasteiger partial charge in [0.2, 0.25) is 15.9 Å². The molecule has 0 unspecified atom stereocenters. The highest BCUT2D eigenvalue weighted by molar-refractivity contribution is 7.89. The van der Waals surface area contributed by atoms with Gasteiger partial charge in [-0.2, -0.15) is 0 Å². The predicted octanol–water partition coefficient (Wildman–Crippen LogP) is 1.80. The van der Waals surface area contributed by atoms with Crippen LogP contribution < -0.4 is 10.0 Å². The maximum absolute atomic E-state index is 12.4. The smallest absolute Gasteiger partial charge is 0.240 e. The molecule has 148 valence electrons. The third-order valence-electron chi connectivity index (χ3n) is 4.90. The zero-order chi connectivity index (χ0) is 18.3. The number of likely N-dealkylation sites (tertiary alicyclic amines) is 1. The largest absolute Gasteiger partial charge is 0.343 e. The number of amides is 1. The Kier molecular flexibility index (Phi) is 9.57. The van der Waals surface area contributed by atoms with Gasteiger partial charge in [-0.1, -0.05) is 12.1 Å². The second kappa shape index (κ2) is 10.9. The molecule has 0 radical (unpaired) electrons. The van der Waals surface area contributed by atoms with Crippen LogP contribution >= 0.6 is 12.4 Å². The Morgan fingerprint density at radius 3 is 2.31 bits per heavy atom. The van der Waals surface area contributed by atoms with Crippen molar-refractivity contribution in [1.82, 2.24) is 14.9 Å². The zero-order valence-electron chi connectivity index (χ0n) is 15.5. The minimum absolute atomic E-state index is 0. The number of rotatable bonds is 8. The highest BCUT2D eigenvalue weighted by atomic mass is 35.5. The number of hydrogen-bond acceptors (Lipinski definition) is 4. The second-order valence-corrected chi connectivity index (χ2v) is 8.45. The molecule has 2 N–H and O–H groups in total. The van der Waals surface area contributed by atoms with Crippen LogP contribution in [0, 0.1) is 5.92 Å². The first-order valence-corrected chi connectivity index (χ1v) is 10.4. The molecule has 1 aliphatic heterocycles. The molecule has 0 aromatic heterocycles. The van der Waals surface area contributed by atoms with Gasteiger partial charge in [0.05, 0.1) is 4.90 Å². The Hall–Kier alpha value is -1.15. The van der Waals surface area contributed by atoms with Crippen molar-refractivity contribution in [3.63, 3.8) is 0 Å². The van der Waals surface area contributed by atoms with Gasteiger partial charge in [0.25, 0.3) is 0 Å². The number of carbonyl (C=O) groups is 1. The van der Waals surface area contributed by atoms with Crippen molar-refractivity contribution in [1.29, 1.82) is 0 Å². The summed E-state index contributed by atoms with van der Waals surface area (Å²) in [6, 6.07) is 6.72. The quantitative estimate of drug-likeness (QED) is 0.693. The maximum Gasteiger partial charge on any atom is 0.240 e. The van der Waals surface area contributed by atoms with Crippen LogP contribution in [0.15, 0.2) is 29.2 Å². The Morgan fingerprint density at radius 1 is 1.15 bits per heavy atom. The van der Waals surface area contributed by atoms with Crippen LogP contribution in [0.25, 0.3) is 0 Å². The van der Waals surface area contributed by atoms with E-state index in [0.29, 0.717) is 12.8 Å². The topological polar surface area (TPSA) is 78.5 Å². The van der Waals surface area contributed by atoms with Gasteiger partial charge in [-0.25, -0.2) is 13.1 Å². The molecule has 6 nitrogen and oxygen atoms in total. The Balaban J connectivity index is 0.00000338. The Labute approximate surface area is 163 Å². The fourth-order valence-electron chi connectivity index (χ4n) is 3.18. The predicted molar refractivity (Wildman–Crippen MR) is 106 cm³/mol. The summed E-state index contributed by atoms with van der Waals surface area (Å²) in [5.74, 6) is 0.914. The van der Waals surface area contributed by atoms with Crippen molar-refractivity contribution in [3.05, 3.63) is 29.8 Å². The summed E-state index contributed by atoms with van der Waals surface area (Å²) < 4.78 is 25.7. The number of hydrogen-bond donors (Lipinski definition) is 2. The summed E-state index contributed by atoms with van der Waals surface area (Å²) in [5.41, 5.74) is 0.979. The third-order valence-corrected chi connectivity index (χ3v) is 6.33. The van der Waals surface area contributed by atoms with E-state index < -0.39 is 10.0 Å². The number of nitrogens with one attached hydrogen (secondary N) is 2. The zero-order valence-corrected chi connectivity index (χ0v) is 17.2. The van der Waals surface area contributed by atoms with E-state index >= 15 is 0 Å². The summed E-state index contributed by atoms with van der Waals surface area (Å²) >= 11 is 0. The van der Waals surface area contributed by atoms with Gasteiger partial charge in [0, 0.05) is 19.5 Å². The highest BCUT2D eigenvalue weighted by Gasteiger charge is 2.22. The number of aryl methyl sites for hydroxylation is 1. The molecular formula is C18H30ClN3O3S. The standard InChI is InChI=1S/C18H29N3O3S.ClH/c1-19-12-9-16-10-13-21(14-11-16)18(22)8-5-15-3-6-17(7-4-15)25(23,24)20-2;/h3-4,6-7,16,19-20H,5,8-14H2,1-2H3;1H. The summed E-state index contributed by atoms with van der Waals surface area (Å²) in [6.07, 6.45) is 4.46. The molecule has 1 amide bonds. The van der Waals surface area contributed by atoms with Crippen LogP contribution in [0.5, 0.6) is 0 Å². The molecule has 1 fully saturated rings. The van der Waals surface area contributed by atoms with Crippen molar-refractivity contribution < 1.29 is 13.2 Å². The summed E-state index contributed by atoms with van der Waals surface area (Å²) in [7, 11) is -0.0408. The number of sulfonamides is 1. The number of carbonyl (C=O) groups excluding carboxylic acids is 1. The van der Waals surface area contributed by atoms with E-state index in [0.717, 1.165) is 44.0 Å². The summed E-state index contributed by atoms with van der Waals surface area (Å²) in [5, 5.41) is 3.18. The lowest BCUT2D eigenvalue weighted by Gasteiger charge is -2.32. The van der Waals surface area contributed by atoms with Gasteiger partial charge in [0.15, 0.2) is 0 Å². The van der Waals surface area contributed by atoms with Gasteiger partial charge in [0.1, 0.15) is 0 Å². The molecule has 1 aromatic rings. The summed E-state index contributed by atoms with van der Waals surface area (Å²) in [6.45, 7) is 2.75. The molecular weight excluding hydrogens is 374 g/mol. The average Bonchev–Trinajstić information content (AvgIpc) is 2.65. The van der Waals surface area contributed by atoms with E-state index in [4.69, 9.17) is 0 Å². The lowest BCUT2D eigenvalue weighted by molar-refractivity contribution is -0.132. The van der Waals surface area contributed by atoms with Crippen molar-refractivity contribution in [2.75, 3.05) is 33.7 Å². The van der Waals surface area contributed by atoms with E-state index in [1.165, 1.54) is 13.5 Å².